The molecule has 0 saturated carbocycles. The van der Waals surface area contributed by atoms with Gasteiger partial charge in [0.25, 0.3) is 0 Å². The van der Waals surface area contributed by atoms with E-state index in [0.29, 0.717) is 24.4 Å². The number of anilines is 2. The highest BCUT2D eigenvalue weighted by atomic mass is 16.5. The molecule has 2 N–H and O–H groups in total. The standard InChI is InChI=1S/C23H29N3O3/c1-3-13-26-14-5-6-18-15-17(9-10-21(18)26)11-12-24-22(27)23(28)25-19-7-4-8-20(16-19)29-2/h4,7-10,15-16H,3,5-6,11-14H2,1-2H3,(H,24,27)(H,25,28). The number of nitrogens with zero attached hydrogens (tertiary/aromatic N) is 1. The summed E-state index contributed by atoms with van der Waals surface area (Å²) in [6, 6.07) is 13.5. The Morgan fingerprint density at radius 2 is 2.00 bits per heavy atom. The predicted molar refractivity (Wildman–Crippen MR) is 116 cm³/mol. The Labute approximate surface area is 172 Å². The minimum atomic E-state index is -0.682. The fourth-order valence-corrected chi connectivity index (χ4v) is 3.68. The number of aryl methyl sites for hydroxylation is 1. The van der Waals surface area contributed by atoms with Gasteiger partial charge in [0.05, 0.1) is 7.11 Å². The predicted octanol–water partition coefficient (Wildman–Crippen LogP) is 3.16. The lowest BCUT2D eigenvalue weighted by molar-refractivity contribution is -0.136. The summed E-state index contributed by atoms with van der Waals surface area (Å²) in [7, 11) is 1.55. The van der Waals surface area contributed by atoms with Crippen molar-refractivity contribution in [2.75, 3.05) is 37.0 Å². The third-order valence-electron chi connectivity index (χ3n) is 5.09. The van der Waals surface area contributed by atoms with Crippen LogP contribution in [0.25, 0.3) is 0 Å². The number of carbonyl (C=O) groups excluding carboxylic acids is 2. The molecule has 0 bridgehead atoms. The number of hydrogen-bond acceptors (Lipinski definition) is 4. The van der Waals surface area contributed by atoms with Crippen LogP contribution in [0.15, 0.2) is 42.5 Å². The second-order valence-electron chi connectivity index (χ2n) is 7.25. The number of hydrogen-bond donors (Lipinski definition) is 2. The van der Waals surface area contributed by atoms with Crippen LogP contribution in [0.2, 0.25) is 0 Å². The highest BCUT2D eigenvalue weighted by Crippen LogP contribution is 2.28. The van der Waals surface area contributed by atoms with Crippen molar-refractivity contribution >= 4 is 23.2 Å². The van der Waals surface area contributed by atoms with Crippen molar-refractivity contribution in [3.8, 4) is 5.75 Å². The van der Waals surface area contributed by atoms with Crippen LogP contribution in [0.4, 0.5) is 11.4 Å². The first kappa shape index (κ1) is 20.7. The Bertz CT molecular complexity index is 866. The van der Waals surface area contributed by atoms with E-state index >= 15 is 0 Å². The largest absolute Gasteiger partial charge is 0.497 e. The van der Waals surface area contributed by atoms with Gasteiger partial charge in [0.15, 0.2) is 0 Å². The lowest BCUT2D eigenvalue weighted by Crippen LogP contribution is -2.36. The molecule has 154 valence electrons. The smallest absolute Gasteiger partial charge is 0.313 e. The zero-order valence-corrected chi connectivity index (χ0v) is 17.2. The molecule has 6 heteroatoms. The summed E-state index contributed by atoms with van der Waals surface area (Å²) in [5, 5.41) is 5.28. The van der Waals surface area contributed by atoms with Gasteiger partial charge in [-0.1, -0.05) is 25.1 Å². The zero-order valence-electron chi connectivity index (χ0n) is 17.2. The van der Waals surface area contributed by atoms with E-state index in [9.17, 15) is 9.59 Å². The molecule has 2 aromatic carbocycles. The molecule has 29 heavy (non-hydrogen) atoms. The molecule has 6 nitrogen and oxygen atoms in total. The number of benzene rings is 2. The lowest BCUT2D eigenvalue weighted by atomic mass is 9.98. The van der Waals surface area contributed by atoms with Crippen LogP contribution >= 0.6 is 0 Å². The van der Waals surface area contributed by atoms with Crippen LogP contribution < -0.4 is 20.3 Å². The number of methoxy groups -OCH3 is 1. The molecule has 0 aliphatic carbocycles. The molecule has 1 heterocycles. The molecule has 0 atom stereocenters. The van der Waals surface area contributed by atoms with E-state index in [1.165, 1.54) is 23.2 Å². The average molecular weight is 396 g/mol. The van der Waals surface area contributed by atoms with Crippen LogP contribution in [0, 0.1) is 0 Å². The lowest BCUT2D eigenvalue weighted by Gasteiger charge is -2.31. The SMILES string of the molecule is CCCN1CCCc2cc(CCNC(=O)C(=O)Nc3cccc(OC)c3)ccc21. The van der Waals surface area contributed by atoms with Crippen molar-refractivity contribution in [1.82, 2.24) is 5.32 Å². The molecular formula is C23H29N3O3. The second-order valence-corrected chi connectivity index (χ2v) is 7.25. The summed E-state index contributed by atoms with van der Waals surface area (Å²) in [5.74, 6) is -0.702. The van der Waals surface area contributed by atoms with Gasteiger partial charge in [0.2, 0.25) is 0 Å². The Morgan fingerprint density at radius 3 is 2.79 bits per heavy atom. The molecule has 1 aliphatic heterocycles. The van der Waals surface area contributed by atoms with E-state index in [4.69, 9.17) is 4.74 Å². The minimum absolute atomic E-state index is 0.418. The summed E-state index contributed by atoms with van der Waals surface area (Å²) in [5.41, 5.74) is 4.42. The van der Waals surface area contributed by atoms with Crippen molar-refractivity contribution < 1.29 is 14.3 Å². The third kappa shape index (κ3) is 5.50. The first-order valence-electron chi connectivity index (χ1n) is 10.2. The zero-order chi connectivity index (χ0) is 20.6. The van der Waals surface area contributed by atoms with Crippen LogP contribution in [-0.2, 0) is 22.4 Å². The highest BCUT2D eigenvalue weighted by Gasteiger charge is 2.17. The van der Waals surface area contributed by atoms with Crippen molar-refractivity contribution in [3.63, 3.8) is 0 Å². The first-order chi connectivity index (χ1) is 14.1. The van der Waals surface area contributed by atoms with Crippen LogP contribution in [0.1, 0.15) is 30.9 Å². The van der Waals surface area contributed by atoms with Gasteiger partial charge in [0.1, 0.15) is 5.75 Å². The van der Waals surface area contributed by atoms with Gasteiger partial charge >= 0.3 is 11.8 Å². The van der Waals surface area contributed by atoms with Crippen molar-refractivity contribution in [3.05, 3.63) is 53.6 Å². The first-order valence-corrected chi connectivity index (χ1v) is 10.2. The molecule has 0 aromatic heterocycles. The van der Waals surface area contributed by atoms with Gasteiger partial charge in [-0.25, -0.2) is 0 Å². The Kier molecular flexibility index (Phi) is 7.11. The summed E-state index contributed by atoms with van der Waals surface area (Å²) < 4.78 is 5.12. The number of amides is 2. The minimum Gasteiger partial charge on any atom is -0.497 e. The van der Waals surface area contributed by atoms with Crippen LogP contribution in [0.3, 0.4) is 0 Å². The topological polar surface area (TPSA) is 70.7 Å². The fraction of sp³-hybridized carbons (Fsp3) is 0.391. The molecule has 3 rings (SSSR count). The van der Waals surface area contributed by atoms with Gasteiger partial charge in [0, 0.05) is 37.1 Å². The molecule has 2 amide bonds. The Hall–Kier alpha value is -3.02. The van der Waals surface area contributed by atoms with Crippen molar-refractivity contribution in [1.29, 1.82) is 0 Å². The van der Waals surface area contributed by atoms with E-state index in [0.717, 1.165) is 25.9 Å². The highest BCUT2D eigenvalue weighted by molar-refractivity contribution is 6.39. The summed E-state index contributed by atoms with van der Waals surface area (Å²) in [6.45, 7) is 4.83. The fourth-order valence-electron chi connectivity index (χ4n) is 3.68. The normalized spacial score (nSPS) is 12.8. The number of nitrogens with one attached hydrogen (secondary N) is 2. The van der Waals surface area contributed by atoms with E-state index in [-0.39, 0.29) is 0 Å². The van der Waals surface area contributed by atoms with Crippen molar-refractivity contribution in [2.45, 2.75) is 32.6 Å². The maximum Gasteiger partial charge on any atom is 0.313 e. The Morgan fingerprint density at radius 1 is 1.14 bits per heavy atom. The van der Waals surface area contributed by atoms with Gasteiger partial charge in [-0.15, -0.1) is 0 Å². The summed E-state index contributed by atoms with van der Waals surface area (Å²) in [4.78, 5) is 26.6. The number of fused-ring (bicyclic) bond motifs is 1. The van der Waals surface area contributed by atoms with Gasteiger partial charge in [-0.2, -0.15) is 0 Å². The number of ether oxygens (including phenoxy) is 1. The summed E-state index contributed by atoms with van der Waals surface area (Å²) >= 11 is 0. The second kappa shape index (κ2) is 9.96. The quantitative estimate of drug-likeness (QED) is 0.707. The van der Waals surface area contributed by atoms with E-state index in [1.54, 1.807) is 31.4 Å². The molecular weight excluding hydrogens is 366 g/mol. The van der Waals surface area contributed by atoms with Crippen molar-refractivity contribution in [2.24, 2.45) is 0 Å². The van der Waals surface area contributed by atoms with E-state index in [2.05, 4.69) is 40.7 Å². The molecule has 0 saturated heterocycles. The van der Waals surface area contributed by atoms with Crippen LogP contribution in [-0.4, -0.2) is 38.6 Å². The van der Waals surface area contributed by atoms with Gasteiger partial charge in [-0.05, 0) is 55.0 Å². The van der Waals surface area contributed by atoms with Gasteiger partial charge in [-0.3, -0.25) is 9.59 Å². The Balaban J connectivity index is 1.50. The van der Waals surface area contributed by atoms with E-state index in [1.807, 2.05) is 0 Å². The molecule has 0 fully saturated rings. The molecule has 2 aromatic rings. The maximum atomic E-state index is 12.1. The maximum absolute atomic E-state index is 12.1. The average Bonchev–Trinajstić information content (AvgIpc) is 2.74. The van der Waals surface area contributed by atoms with Crippen LogP contribution in [0.5, 0.6) is 5.75 Å². The molecule has 1 aliphatic rings. The molecule has 0 spiro atoms. The van der Waals surface area contributed by atoms with E-state index < -0.39 is 11.8 Å². The third-order valence-corrected chi connectivity index (χ3v) is 5.09. The molecule has 0 unspecified atom stereocenters. The number of rotatable bonds is 7. The monoisotopic (exact) mass is 395 g/mol. The summed E-state index contributed by atoms with van der Waals surface area (Å²) in [6.07, 6.45) is 4.11. The number of carbonyl (C=O) groups is 2. The van der Waals surface area contributed by atoms with Gasteiger partial charge < -0.3 is 20.3 Å². The molecule has 0 radical (unpaired) electrons.